The standard InChI is InChI=1S/C13H20N2O3S/c1-19(16,17)13-4-2-11(3-5-13)9-15-6-7-18-12(8-14)10-15/h2-5,12H,6-10,14H2,1H3. The lowest BCUT2D eigenvalue weighted by Gasteiger charge is -2.32. The quantitative estimate of drug-likeness (QED) is 0.858. The van der Waals surface area contributed by atoms with Crippen molar-refractivity contribution in [3.05, 3.63) is 29.8 Å². The van der Waals surface area contributed by atoms with E-state index in [2.05, 4.69) is 4.90 Å². The first-order valence-electron chi connectivity index (χ1n) is 6.32. The van der Waals surface area contributed by atoms with Crippen LogP contribution in [-0.2, 0) is 21.1 Å². The molecule has 0 saturated carbocycles. The molecule has 6 heteroatoms. The van der Waals surface area contributed by atoms with Gasteiger partial charge in [-0.2, -0.15) is 0 Å². The zero-order chi connectivity index (χ0) is 13.9. The fourth-order valence-electron chi connectivity index (χ4n) is 2.17. The number of morpholine rings is 1. The monoisotopic (exact) mass is 284 g/mol. The van der Waals surface area contributed by atoms with Crippen molar-refractivity contribution in [2.75, 3.05) is 32.5 Å². The zero-order valence-corrected chi connectivity index (χ0v) is 11.9. The average molecular weight is 284 g/mol. The summed E-state index contributed by atoms with van der Waals surface area (Å²) in [5.41, 5.74) is 6.71. The van der Waals surface area contributed by atoms with Gasteiger partial charge in [-0.15, -0.1) is 0 Å². The molecule has 0 aromatic heterocycles. The summed E-state index contributed by atoms with van der Waals surface area (Å²) in [7, 11) is -3.12. The fourth-order valence-corrected chi connectivity index (χ4v) is 2.80. The molecule has 0 amide bonds. The molecule has 1 fully saturated rings. The Balaban J connectivity index is 2.00. The van der Waals surface area contributed by atoms with Crippen LogP contribution in [0.3, 0.4) is 0 Å². The van der Waals surface area contributed by atoms with Gasteiger partial charge in [0.2, 0.25) is 0 Å². The third kappa shape index (κ3) is 4.01. The molecule has 0 aliphatic carbocycles. The van der Waals surface area contributed by atoms with Gasteiger partial charge in [-0.25, -0.2) is 8.42 Å². The Morgan fingerprint density at radius 2 is 2.05 bits per heavy atom. The molecule has 1 heterocycles. The second-order valence-corrected chi connectivity index (χ2v) is 6.90. The molecular formula is C13H20N2O3S. The van der Waals surface area contributed by atoms with Crippen molar-refractivity contribution in [3.8, 4) is 0 Å². The Bertz CT molecular complexity index is 513. The van der Waals surface area contributed by atoms with Crippen LogP contribution < -0.4 is 5.73 Å². The van der Waals surface area contributed by atoms with Crippen molar-refractivity contribution in [1.29, 1.82) is 0 Å². The first kappa shape index (κ1) is 14.5. The van der Waals surface area contributed by atoms with E-state index < -0.39 is 9.84 Å². The van der Waals surface area contributed by atoms with E-state index >= 15 is 0 Å². The molecule has 1 atom stereocenters. The van der Waals surface area contributed by atoms with Gasteiger partial charge in [-0.3, -0.25) is 4.90 Å². The van der Waals surface area contributed by atoms with Crippen LogP contribution in [0.4, 0.5) is 0 Å². The van der Waals surface area contributed by atoms with Gasteiger partial charge in [0.05, 0.1) is 17.6 Å². The minimum absolute atomic E-state index is 0.101. The molecule has 0 spiro atoms. The van der Waals surface area contributed by atoms with E-state index in [1.807, 2.05) is 12.1 Å². The number of ether oxygens (including phenoxy) is 1. The fraction of sp³-hybridized carbons (Fsp3) is 0.538. The molecule has 106 valence electrons. The van der Waals surface area contributed by atoms with Crippen molar-refractivity contribution in [2.24, 2.45) is 5.73 Å². The Morgan fingerprint density at radius 1 is 1.37 bits per heavy atom. The van der Waals surface area contributed by atoms with E-state index in [9.17, 15) is 8.42 Å². The largest absolute Gasteiger partial charge is 0.374 e. The number of nitrogens with two attached hydrogens (primary N) is 1. The Kier molecular flexibility index (Phi) is 4.57. The predicted molar refractivity (Wildman–Crippen MR) is 73.6 cm³/mol. The highest BCUT2D eigenvalue weighted by Gasteiger charge is 2.19. The van der Waals surface area contributed by atoms with E-state index in [4.69, 9.17) is 10.5 Å². The predicted octanol–water partition coefficient (Wildman–Crippen LogP) is 0.250. The van der Waals surface area contributed by atoms with Crippen molar-refractivity contribution in [3.63, 3.8) is 0 Å². The Morgan fingerprint density at radius 3 is 2.63 bits per heavy atom. The zero-order valence-electron chi connectivity index (χ0n) is 11.1. The molecule has 1 aliphatic heterocycles. The summed E-state index contributed by atoms with van der Waals surface area (Å²) < 4.78 is 28.3. The van der Waals surface area contributed by atoms with E-state index in [0.29, 0.717) is 18.0 Å². The molecule has 1 aromatic rings. The topological polar surface area (TPSA) is 72.6 Å². The second kappa shape index (κ2) is 6.00. The first-order chi connectivity index (χ1) is 8.99. The lowest BCUT2D eigenvalue weighted by atomic mass is 10.2. The number of sulfone groups is 1. The maximum atomic E-state index is 11.4. The highest BCUT2D eigenvalue weighted by Crippen LogP contribution is 2.13. The molecule has 1 unspecified atom stereocenters. The minimum Gasteiger partial charge on any atom is -0.374 e. The number of rotatable bonds is 4. The first-order valence-corrected chi connectivity index (χ1v) is 8.21. The lowest BCUT2D eigenvalue weighted by molar-refractivity contribution is -0.0260. The van der Waals surface area contributed by atoms with Crippen molar-refractivity contribution < 1.29 is 13.2 Å². The normalized spacial score (nSPS) is 21.5. The molecule has 2 N–H and O–H groups in total. The van der Waals surface area contributed by atoms with Crippen molar-refractivity contribution in [1.82, 2.24) is 4.90 Å². The lowest BCUT2D eigenvalue weighted by Crippen LogP contribution is -2.45. The van der Waals surface area contributed by atoms with Crippen LogP contribution in [-0.4, -0.2) is 51.9 Å². The number of hydrogen-bond acceptors (Lipinski definition) is 5. The average Bonchev–Trinajstić information content (AvgIpc) is 2.38. The molecule has 1 saturated heterocycles. The third-order valence-electron chi connectivity index (χ3n) is 3.24. The smallest absolute Gasteiger partial charge is 0.175 e. The van der Waals surface area contributed by atoms with Gasteiger partial charge >= 0.3 is 0 Å². The van der Waals surface area contributed by atoms with E-state index in [-0.39, 0.29) is 6.10 Å². The Hall–Kier alpha value is -0.950. The maximum absolute atomic E-state index is 11.4. The van der Waals surface area contributed by atoms with Gasteiger partial charge in [0.15, 0.2) is 9.84 Å². The van der Waals surface area contributed by atoms with Gasteiger partial charge in [0, 0.05) is 32.4 Å². The van der Waals surface area contributed by atoms with Crippen LogP contribution in [0.2, 0.25) is 0 Å². The number of nitrogens with zero attached hydrogens (tertiary/aromatic N) is 1. The van der Waals surface area contributed by atoms with Gasteiger partial charge in [0.25, 0.3) is 0 Å². The molecule has 0 bridgehead atoms. The van der Waals surface area contributed by atoms with E-state index in [1.54, 1.807) is 12.1 Å². The van der Waals surface area contributed by atoms with E-state index in [0.717, 1.165) is 25.2 Å². The molecule has 0 radical (unpaired) electrons. The van der Waals surface area contributed by atoms with Crippen molar-refractivity contribution in [2.45, 2.75) is 17.5 Å². The second-order valence-electron chi connectivity index (χ2n) is 4.88. The number of benzene rings is 1. The van der Waals surface area contributed by atoms with Crippen LogP contribution in [0.15, 0.2) is 29.2 Å². The number of hydrogen-bond donors (Lipinski definition) is 1. The summed E-state index contributed by atoms with van der Waals surface area (Å²) in [4.78, 5) is 2.63. The maximum Gasteiger partial charge on any atom is 0.175 e. The molecule has 19 heavy (non-hydrogen) atoms. The molecule has 2 rings (SSSR count). The summed E-state index contributed by atoms with van der Waals surface area (Å²) in [6, 6.07) is 7.05. The molecule has 1 aromatic carbocycles. The Labute approximate surface area is 114 Å². The summed E-state index contributed by atoms with van der Waals surface area (Å²) >= 11 is 0. The van der Waals surface area contributed by atoms with Gasteiger partial charge in [-0.1, -0.05) is 12.1 Å². The minimum atomic E-state index is -3.12. The van der Waals surface area contributed by atoms with Crippen molar-refractivity contribution >= 4 is 9.84 Å². The molecule has 1 aliphatic rings. The summed E-state index contributed by atoms with van der Waals surface area (Å²) in [5, 5.41) is 0. The van der Waals surface area contributed by atoms with Crippen LogP contribution in [0, 0.1) is 0 Å². The van der Waals surface area contributed by atoms with Crippen LogP contribution in [0.5, 0.6) is 0 Å². The summed E-state index contributed by atoms with van der Waals surface area (Å²) in [5.74, 6) is 0. The van der Waals surface area contributed by atoms with Gasteiger partial charge in [0.1, 0.15) is 0 Å². The summed E-state index contributed by atoms with van der Waals surface area (Å²) in [6.45, 7) is 3.73. The van der Waals surface area contributed by atoms with E-state index in [1.165, 1.54) is 6.26 Å². The third-order valence-corrected chi connectivity index (χ3v) is 4.37. The summed E-state index contributed by atoms with van der Waals surface area (Å²) in [6.07, 6.45) is 1.32. The van der Waals surface area contributed by atoms with Crippen LogP contribution in [0.25, 0.3) is 0 Å². The van der Waals surface area contributed by atoms with Gasteiger partial charge < -0.3 is 10.5 Å². The van der Waals surface area contributed by atoms with Crippen LogP contribution >= 0.6 is 0 Å². The SMILES string of the molecule is CS(=O)(=O)c1ccc(CN2CCOC(CN)C2)cc1. The van der Waals surface area contributed by atoms with Gasteiger partial charge in [-0.05, 0) is 17.7 Å². The van der Waals surface area contributed by atoms with Crippen LogP contribution in [0.1, 0.15) is 5.56 Å². The molecular weight excluding hydrogens is 264 g/mol. The highest BCUT2D eigenvalue weighted by molar-refractivity contribution is 7.90. The highest BCUT2D eigenvalue weighted by atomic mass is 32.2. The molecule has 5 nitrogen and oxygen atoms in total.